The fraction of sp³-hybridized carbons (Fsp3) is 0.600. The van der Waals surface area contributed by atoms with E-state index in [1.54, 1.807) is 12.4 Å². The highest BCUT2D eigenvalue weighted by Crippen LogP contribution is 2.40. The predicted octanol–water partition coefficient (Wildman–Crippen LogP) is 1.81. The highest BCUT2D eigenvalue weighted by atomic mass is 79.9. The van der Waals surface area contributed by atoms with Crippen LogP contribution in [0.3, 0.4) is 0 Å². The van der Waals surface area contributed by atoms with Crippen molar-refractivity contribution >= 4 is 21.9 Å². The van der Waals surface area contributed by atoms with Gasteiger partial charge in [-0.2, -0.15) is 0 Å². The second kappa shape index (κ2) is 4.45. The van der Waals surface area contributed by atoms with E-state index in [4.69, 9.17) is 0 Å². The van der Waals surface area contributed by atoms with Crippen LogP contribution in [-0.4, -0.2) is 28.2 Å². The molecule has 1 saturated carbocycles. The van der Waals surface area contributed by atoms with Crippen LogP contribution in [-0.2, 0) is 0 Å². The smallest absolute Gasteiger partial charge is 0.222 e. The van der Waals surface area contributed by atoms with Crippen molar-refractivity contribution in [3.8, 4) is 0 Å². The Balaban J connectivity index is 1.90. The van der Waals surface area contributed by atoms with Crippen molar-refractivity contribution < 1.29 is 5.11 Å². The molecular formula is C10H14BrN3O. The Labute approximate surface area is 97.3 Å². The van der Waals surface area contributed by atoms with E-state index >= 15 is 0 Å². The number of hydrogen-bond donors (Lipinski definition) is 2. The van der Waals surface area contributed by atoms with E-state index in [-0.39, 0.29) is 12.0 Å². The Morgan fingerprint density at radius 1 is 1.40 bits per heavy atom. The molecule has 1 fully saturated rings. The third-order valence-electron chi connectivity index (χ3n) is 2.99. The van der Waals surface area contributed by atoms with Gasteiger partial charge in [-0.3, -0.25) is 0 Å². The van der Waals surface area contributed by atoms with E-state index in [1.807, 2.05) is 0 Å². The SMILES string of the molecule is OCC1(CNc2ncc(Br)cn2)CCC1. The maximum absolute atomic E-state index is 9.27. The molecule has 1 heterocycles. The number of nitrogens with zero attached hydrogens (tertiary/aromatic N) is 2. The number of aliphatic hydroxyl groups excluding tert-OH is 1. The van der Waals surface area contributed by atoms with Crippen LogP contribution in [0.5, 0.6) is 0 Å². The third-order valence-corrected chi connectivity index (χ3v) is 3.40. The minimum Gasteiger partial charge on any atom is -0.396 e. The zero-order chi connectivity index (χ0) is 10.7. The van der Waals surface area contributed by atoms with Crippen molar-refractivity contribution in [2.45, 2.75) is 19.3 Å². The zero-order valence-electron chi connectivity index (χ0n) is 8.41. The van der Waals surface area contributed by atoms with Crippen LogP contribution in [0.4, 0.5) is 5.95 Å². The van der Waals surface area contributed by atoms with Gasteiger partial charge in [0.1, 0.15) is 0 Å². The third kappa shape index (κ3) is 2.46. The summed E-state index contributed by atoms with van der Waals surface area (Å²) in [5.74, 6) is 0.623. The Bertz CT molecular complexity index is 318. The van der Waals surface area contributed by atoms with Crippen molar-refractivity contribution in [1.82, 2.24) is 9.97 Å². The fourth-order valence-electron chi connectivity index (χ4n) is 1.74. The van der Waals surface area contributed by atoms with Crippen molar-refractivity contribution in [1.29, 1.82) is 0 Å². The molecule has 0 unspecified atom stereocenters. The molecule has 1 aliphatic carbocycles. The molecule has 0 radical (unpaired) electrons. The van der Waals surface area contributed by atoms with Gasteiger partial charge in [-0.05, 0) is 28.8 Å². The zero-order valence-corrected chi connectivity index (χ0v) is 10.00. The molecule has 4 nitrogen and oxygen atoms in total. The Morgan fingerprint density at radius 3 is 2.53 bits per heavy atom. The number of aromatic nitrogens is 2. The van der Waals surface area contributed by atoms with Gasteiger partial charge in [0.2, 0.25) is 5.95 Å². The minimum absolute atomic E-state index is 0.0659. The quantitative estimate of drug-likeness (QED) is 0.877. The first-order valence-corrected chi connectivity index (χ1v) is 5.86. The standard InChI is InChI=1S/C10H14BrN3O/c11-8-4-12-9(13-5-8)14-6-10(7-15)2-1-3-10/h4-5,15H,1-3,6-7H2,(H,12,13,14). The topological polar surface area (TPSA) is 58.0 Å². The molecule has 0 bridgehead atoms. The fourth-order valence-corrected chi connectivity index (χ4v) is 1.94. The number of halogens is 1. The average molecular weight is 272 g/mol. The van der Waals surface area contributed by atoms with Gasteiger partial charge in [0.15, 0.2) is 0 Å². The van der Waals surface area contributed by atoms with Gasteiger partial charge < -0.3 is 10.4 Å². The summed E-state index contributed by atoms with van der Waals surface area (Å²) < 4.78 is 0.869. The van der Waals surface area contributed by atoms with E-state index < -0.39 is 0 Å². The average Bonchev–Trinajstić information content (AvgIpc) is 2.20. The molecule has 2 N–H and O–H groups in total. The molecule has 1 aromatic heterocycles. The first kappa shape index (κ1) is 10.8. The molecule has 2 rings (SSSR count). The molecule has 0 saturated heterocycles. The maximum Gasteiger partial charge on any atom is 0.222 e. The van der Waals surface area contributed by atoms with Gasteiger partial charge in [-0.25, -0.2) is 9.97 Å². The van der Waals surface area contributed by atoms with E-state index in [1.165, 1.54) is 6.42 Å². The predicted molar refractivity (Wildman–Crippen MR) is 61.6 cm³/mol. The highest BCUT2D eigenvalue weighted by Gasteiger charge is 2.36. The molecule has 1 aliphatic rings. The highest BCUT2D eigenvalue weighted by molar-refractivity contribution is 9.10. The van der Waals surface area contributed by atoms with Crippen LogP contribution in [0, 0.1) is 5.41 Å². The van der Waals surface area contributed by atoms with Crippen LogP contribution in [0.15, 0.2) is 16.9 Å². The van der Waals surface area contributed by atoms with Crippen LogP contribution in [0.2, 0.25) is 0 Å². The van der Waals surface area contributed by atoms with Gasteiger partial charge in [0.05, 0.1) is 11.1 Å². The van der Waals surface area contributed by atoms with Gasteiger partial charge in [0, 0.05) is 24.4 Å². The molecule has 15 heavy (non-hydrogen) atoms. The molecule has 0 amide bonds. The maximum atomic E-state index is 9.27. The van der Waals surface area contributed by atoms with Crippen molar-refractivity contribution in [3.63, 3.8) is 0 Å². The summed E-state index contributed by atoms with van der Waals surface area (Å²) in [6.45, 7) is 1.00. The molecule has 0 atom stereocenters. The van der Waals surface area contributed by atoms with Crippen molar-refractivity contribution in [2.75, 3.05) is 18.5 Å². The van der Waals surface area contributed by atoms with E-state index in [2.05, 4.69) is 31.2 Å². The summed E-state index contributed by atoms with van der Waals surface area (Å²) in [6.07, 6.45) is 6.81. The first-order chi connectivity index (χ1) is 7.24. The number of nitrogens with one attached hydrogen (secondary N) is 1. The van der Waals surface area contributed by atoms with Crippen LogP contribution in [0.25, 0.3) is 0 Å². The largest absolute Gasteiger partial charge is 0.396 e. The molecule has 82 valence electrons. The van der Waals surface area contributed by atoms with Gasteiger partial charge in [-0.15, -0.1) is 0 Å². The lowest BCUT2D eigenvalue weighted by Gasteiger charge is -2.40. The van der Waals surface area contributed by atoms with Crippen LogP contribution in [0.1, 0.15) is 19.3 Å². The molecule has 0 aliphatic heterocycles. The summed E-state index contributed by atoms with van der Waals surface area (Å²) in [6, 6.07) is 0. The van der Waals surface area contributed by atoms with Gasteiger partial charge in [0.25, 0.3) is 0 Å². The van der Waals surface area contributed by atoms with Gasteiger partial charge in [-0.1, -0.05) is 6.42 Å². The van der Waals surface area contributed by atoms with Gasteiger partial charge >= 0.3 is 0 Å². The molecule has 5 heteroatoms. The van der Waals surface area contributed by atoms with Crippen molar-refractivity contribution in [2.24, 2.45) is 5.41 Å². The molecule has 0 aromatic carbocycles. The Kier molecular flexibility index (Phi) is 3.21. The number of hydrogen-bond acceptors (Lipinski definition) is 4. The lowest BCUT2D eigenvalue weighted by molar-refractivity contribution is 0.0575. The number of anilines is 1. The molecule has 1 aromatic rings. The lowest BCUT2D eigenvalue weighted by atomic mass is 9.69. The minimum atomic E-state index is 0.0659. The monoisotopic (exact) mass is 271 g/mol. The molecule has 0 spiro atoms. The summed E-state index contributed by atoms with van der Waals surface area (Å²) in [4.78, 5) is 8.25. The first-order valence-electron chi connectivity index (χ1n) is 5.06. The Hall–Kier alpha value is -0.680. The van der Waals surface area contributed by atoms with E-state index in [9.17, 15) is 5.11 Å². The second-order valence-corrected chi connectivity index (χ2v) is 5.01. The van der Waals surface area contributed by atoms with Crippen molar-refractivity contribution in [3.05, 3.63) is 16.9 Å². The van der Waals surface area contributed by atoms with E-state index in [0.717, 1.165) is 23.9 Å². The lowest BCUT2D eigenvalue weighted by Crippen LogP contribution is -2.40. The Morgan fingerprint density at radius 2 is 2.07 bits per heavy atom. The number of rotatable bonds is 4. The molecular weight excluding hydrogens is 258 g/mol. The summed E-state index contributed by atoms with van der Waals surface area (Å²) in [5.41, 5.74) is 0.0659. The normalized spacial score (nSPS) is 18.3. The van der Waals surface area contributed by atoms with E-state index in [0.29, 0.717) is 5.95 Å². The second-order valence-electron chi connectivity index (χ2n) is 4.09. The number of aliphatic hydroxyl groups is 1. The summed E-state index contributed by atoms with van der Waals surface area (Å²) in [7, 11) is 0. The summed E-state index contributed by atoms with van der Waals surface area (Å²) >= 11 is 3.28. The summed E-state index contributed by atoms with van der Waals surface area (Å²) in [5, 5.41) is 12.4. The van der Waals surface area contributed by atoms with Crippen LogP contribution < -0.4 is 5.32 Å². The van der Waals surface area contributed by atoms with Crippen LogP contribution >= 0.6 is 15.9 Å².